The predicted octanol–water partition coefficient (Wildman–Crippen LogP) is 1.82. The van der Waals surface area contributed by atoms with Gasteiger partial charge < -0.3 is 4.90 Å². The van der Waals surface area contributed by atoms with Crippen LogP contribution in [-0.4, -0.2) is 18.0 Å². The number of carbonyl (C=O) groups is 1. The number of allylic oxidation sites excluding steroid dienone is 1. The van der Waals surface area contributed by atoms with Gasteiger partial charge in [0.1, 0.15) is 5.82 Å². The molecule has 1 aliphatic rings. The van der Waals surface area contributed by atoms with Gasteiger partial charge >= 0.3 is 0 Å². The first kappa shape index (κ1) is 13.5. The van der Waals surface area contributed by atoms with Gasteiger partial charge in [-0.25, -0.2) is 10.2 Å². The first-order valence-electron chi connectivity index (χ1n) is 6.11. The van der Waals surface area contributed by atoms with E-state index >= 15 is 0 Å². The number of hydrogen-bond acceptors (Lipinski definition) is 3. The Kier molecular flexibility index (Phi) is 3.32. The molecule has 0 fully saturated rings. The lowest BCUT2D eigenvalue weighted by atomic mass is 9.89. The molecule has 102 valence electrons. The lowest BCUT2D eigenvalue weighted by molar-refractivity contribution is -0.120. The van der Waals surface area contributed by atoms with Crippen LogP contribution in [0.4, 0.5) is 10.1 Å². The van der Waals surface area contributed by atoms with Crippen molar-refractivity contribution in [3.63, 3.8) is 0 Å². The Hall–Kier alpha value is -1.88. The zero-order valence-corrected chi connectivity index (χ0v) is 11.3. The molecule has 0 saturated heterocycles. The van der Waals surface area contributed by atoms with E-state index in [-0.39, 0.29) is 23.8 Å². The van der Waals surface area contributed by atoms with E-state index in [9.17, 15) is 9.18 Å². The van der Waals surface area contributed by atoms with E-state index in [0.717, 1.165) is 11.1 Å². The first-order valence-corrected chi connectivity index (χ1v) is 6.11. The summed E-state index contributed by atoms with van der Waals surface area (Å²) in [4.78, 5) is 13.4. The minimum Gasteiger partial charge on any atom is -0.353 e. The summed E-state index contributed by atoms with van der Waals surface area (Å²) in [7, 11) is 0. The Balaban J connectivity index is 2.52. The molecule has 4 nitrogen and oxygen atoms in total. The van der Waals surface area contributed by atoms with Crippen LogP contribution in [0.2, 0.25) is 0 Å². The number of benzene rings is 1. The van der Waals surface area contributed by atoms with Crippen LogP contribution in [0.3, 0.4) is 0 Å². The van der Waals surface area contributed by atoms with Gasteiger partial charge in [-0.2, -0.15) is 0 Å². The fourth-order valence-electron chi connectivity index (χ4n) is 2.54. The molecule has 0 aliphatic carbocycles. The fourth-order valence-corrected chi connectivity index (χ4v) is 2.54. The Morgan fingerprint density at radius 3 is 2.79 bits per heavy atom. The van der Waals surface area contributed by atoms with Gasteiger partial charge in [-0.1, -0.05) is 6.08 Å². The van der Waals surface area contributed by atoms with Crippen molar-refractivity contribution in [1.29, 1.82) is 0 Å². The number of hydrazine groups is 1. The number of carbonyl (C=O) groups excluding carboxylic acids is 1. The second-order valence-corrected chi connectivity index (χ2v) is 5.30. The van der Waals surface area contributed by atoms with Crippen LogP contribution >= 0.6 is 0 Å². The molecule has 1 heterocycles. The monoisotopic (exact) mass is 263 g/mol. The van der Waals surface area contributed by atoms with Crippen LogP contribution in [0, 0.1) is 5.82 Å². The Bertz CT molecular complexity index is 552. The van der Waals surface area contributed by atoms with Gasteiger partial charge in [0.25, 0.3) is 5.91 Å². The second-order valence-electron chi connectivity index (χ2n) is 5.30. The average molecular weight is 263 g/mol. The van der Waals surface area contributed by atoms with Crippen molar-refractivity contribution in [1.82, 2.24) is 5.43 Å². The Morgan fingerprint density at radius 2 is 2.16 bits per heavy atom. The van der Waals surface area contributed by atoms with Gasteiger partial charge in [0.05, 0.1) is 12.1 Å². The highest BCUT2D eigenvalue weighted by molar-refractivity contribution is 5.87. The normalized spacial score (nSPS) is 16.7. The maximum absolute atomic E-state index is 13.5. The van der Waals surface area contributed by atoms with Crippen molar-refractivity contribution < 1.29 is 9.18 Å². The summed E-state index contributed by atoms with van der Waals surface area (Å²) >= 11 is 0. The second kappa shape index (κ2) is 4.66. The Labute approximate surface area is 112 Å². The molecule has 1 aromatic carbocycles. The van der Waals surface area contributed by atoms with Gasteiger partial charge in [0, 0.05) is 11.3 Å². The zero-order valence-electron chi connectivity index (χ0n) is 11.3. The van der Waals surface area contributed by atoms with Crippen LogP contribution < -0.4 is 16.2 Å². The van der Waals surface area contributed by atoms with Crippen molar-refractivity contribution >= 4 is 17.2 Å². The quantitative estimate of drug-likeness (QED) is 0.486. The summed E-state index contributed by atoms with van der Waals surface area (Å²) in [5.74, 6) is 4.51. The number of nitrogens with two attached hydrogens (primary N) is 1. The van der Waals surface area contributed by atoms with Crippen LogP contribution in [0.5, 0.6) is 0 Å². The van der Waals surface area contributed by atoms with E-state index in [1.807, 2.05) is 25.7 Å². The van der Waals surface area contributed by atoms with Crippen molar-refractivity contribution in [2.24, 2.45) is 5.84 Å². The molecule has 1 aromatic rings. The number of nitrogens with one attached hydrogen (secondary N) is 1. The van der Waals surface area contributed by atoms with Crippen LogP contribution in [0.15, 0.2) is 24.3 Å². The molecule has 3 N–H and O–H groups in total. The molecule has 0 aromatic heterocycles. The first-order chi connectivity index (χ1) is 8.85. The SMILES string of the molecule is CC1=CC(C)(C)N(CC(=O)NN)c2cc(F)ccc21. The fraction of sp³-hybridized carbons (Fsp3) is 0.357. The zero-order chi connectivity index (χ0) is 14.2. The molecule has 5 heteroatoms. The molecule has 0 bridgehead atoms. The summed E-state index contributed by atoms with van der Waals surface area (Å²) in [6, 6.07) is 4.62. The molecule has 0 atom stereocenters. The highest BCUT2D eigenvalue weighted by atomic mass is 19.1. The summed E-state index contributed by atoms with van der Waals surface area (Å²) in [5.41, 5.74) is 4.46. The third-order valence-electron chi connectivity index (χ3n) is 3.40. The molecule has 0 spiro atoms. The van der Waals surface area contributed by atoms with E-state index in [1.54, 1.807) is 6.07 Å². The maximum atomic E-state index is 13.5. The number of anilines is 1. The number of fused-ring (bicyclic) bond motifs is 1. The molecule has 19 heavy (non-hydrogen) atoms. The number of amides is 1. The topological polar surface area (TPSA) is 58.4 Å². The van der Waals surface area contributed by atoms with Crippen molar-refractivity contribution in [3.8, 4) is 0 Å². The van der Waals surface area contributed by atoms with E-state index in [0.29, 0.717) is 5.69 Å². The van der Waals surface area contributed by atoms with Gasteiger partial charge in [-0.15, -0.1) is 0 Å². The van der Waals surface area contributed by atoms with Gasteiger partial charge in [-0.3, -0.25) is 10.2 Å². The van der Waals surface area contributed by atoms with Crippen LogP contribution in [0.25, 0.3) is 5.57 Å². The van der Waals surface area contributed by atoms with Crippen molar-refractivity contribution in [2.75, 3.05) is 11.4 Å². The number of hydrogen-bond donors (Lipinski definition) is 2. The minimum atomic E-state index is -0.378. The highest BCUT2D eigenvalue weighted by Crippen LogP contribution is 2.38. The average Bonchev–Trinajstić information content (AvgIpc) is 2.33. The van der Waals surface area contributed by atoms with Gasteiger partial charge in [-0.05, 0) is 44.5 Å². The molecule has 0 unspecified atom stereocenters. The molecular weight excluding hydrogens is 245 g/mol. The third kappa shape index (κ3) is 2.46. The van der Waals surface area contributed by atoms with Crippen LogP contribution in [-0.2, 0) is 4.79 Å². The van der Waals surface area contributed by atoms with E-state index in [1.165, 1.54) is 12.1 Å². The van der Waals surface area contributed by atoms with E-state index in [2.05, 4.69) is 11.5 Å². The van der Waals surface area contributed by atoms with Gasteiger partial charge in [0.2, 0.25) is 0 Å². The largest absolute Gasteiger partial charge is 0.353 e. The van der Waals surface area contributed by atoms with E-state index < -0.39 is 0 Å². The number of nitrogens with zero attached hydrogens (tertiary/aromatic N) is 1. The summed E-state index contributed by atoms with van der Waals surface area (Å²) in [6.45, 7) is 6.03. The van der Waals surface area contributed by atoms with Crippen molar-refractivity contribution in [2.45, 2.75) is 26.3 Å². The standard InChI is InChI=1S/C14H18FN3O/c1-9-7-14(2,3)18(8-13(19)17-16)12-6-10(15)4-5-11(9)12/h4-7H,8,16H2,1-3H3,(H,17,19). The van der Waals surface area contributed by atoms with Crippen LogP contribution in [0.1, 0.15) is 26.3 Å². The lowest BCUT2D eigenvalue weighted by Gasteiger charge is -2.42. The molecular formula is C14H18FN3O. The summed E-state index contributed by atoms with van der Waals surface area (Å²) < 4.78 is 13.5. The lowest BCUT2D eigenvalue weighted by Crippen LogP contribution is -2.51. The van der Waals surface area contributed by atoms with Crippen molar-refractivity contribution in [3.05, 3.63) is 35.7 Å². The smallest absolute Gasteiger partial charge is 0.253 e. The molecule has 1 amide bonds. The highest BCUT2D eigenvalue weighted by Gasteiger charge is 2.32. The minimum absolute atomic E-state index is 0.0870. The summed E-state index contributed by atoms with van der Waals surface area (Å²) in [5, 5.41) is 0. The summed E-state index contributed by atoms with van der Waals surface area (Å²) in [6.07, 6.45) is 2.07. The Morgan fingerprint density at radius 1 is 1.47 bits per heavy atom. The van der Waals surface area contributed by atoms with E-state index in [4.69, 9.17) is 5.84 Å². The van der Waals surface area contributed by atoms with Gasteiger partial charge in [0.15, 0.2) is 0 Å². The molecule has 2 rings (SSSR count). The molecule has 0 saturated carbocycles. The molecule has 0 radical (unpaired) electrons. The maximum Gasteiger partial charge on any atom is 0.253 e. The molecule has 1 aliphatic heterocycles. The number of halogens is 1. The number of rotatable bonds is 2. The predicted molar refractivity (Wildman–Crippen MR) is 73.8 cm³/mol. The third-order valence-corrected chi connectivity index (χ3v) is 3.40.